The Kier molecular flexibility index (Phi) is 5.63. The van der Waals surface area contributed by atoms with E-state index >= 15 is 0 Å². The average molecular weight is 359 g/mol. The van der Waals surface area contributed by atoms with E-state index in [9.17, 15) is 14.7 Å². The number of piperazine rings is 1. The summed E-state index contributed by atoms with van der Waals surface area (Å²) in [5, 5.41) is 10.8. The molecule has 142 valence electrons. The van der Waals surface area contributed by atoms with Gasteiger partial charge < -0.3 is 14.9 Å². The Hall–Kier alpha value is -1.92. The van der Waals surface area contributed by atoms with Gasteiger partial charge in [0, 0.05) is 46.2 Å². The maximum Gasteiger partial charge on any atom is 0.256 e. The van der Waals surface area contributed by atoms with Gasteiger partial charge in [0.05, 0.1) is 6.54 Å². The molecule has 0 aromatic heterocycles. The number of hydrogen-bond donors (Lipinski definition) is 1. The predicted molar refractivity (Wildman–Crippen MR) is 99.5 cm³/mol. The molecular formula is C20H29N3O3. The number of carbonyl (C=O) groups excluding carboxylic acids is 2. The zero-order valence-corrected chi connectivity index (χ0v) is 15.8. The van der Waals surface area contributed by atoms with Crippen LogP contribution in [0.1, 0.15) is 30.9 Å². The summed E-state index contributed by atoms with van der Waals surface area (Å²) in [7, 11) is 0. The standard InChI is InChI=1S/C20H29N3O3/c1-16-5-3-6-18(13-16)14-21-9-11-22(12-10-21)19(25)20(26)7-4-8-23(15-20)17(2)24/h3,5-6,13,26H,4,7-12,14-15H2,1-2H3. The fourth-order valence-electron chi connectivity index (χ4n) is 3.95. The van der Waals surface area contributed by atoms with Crippen LogP contribution in [0.25, 0.3) is 0 Å². The number of nitrogens with zero attached hydrogens (tertiary/aromatic N) is 3. The number of piperidine rings is 1. The summed E-state index contributed by atoms with van der Waals surface area (Å²) in [6.07, 6.45) is 1.09. The van der Waals surface area contributed by atoms with Crippen LogP contribution in [0, 0.1) is 6.92 Å². The molecule has 1 atom stereocenters. The molecule has 1 unspecified atom stereocenters. The Labute approximate surface area is 155 Å². The molecular weight excluding hydrogens is 330 g/mol. The molecule has 2 fully saturated rings. The molecule has 6 heteroatoms. The van der Waals surface area contributed by atoms with Gasteiger partial charge in [-0.2, -0.15) is 0 Å². The van der Waals surface area contributed by atoms with Crippen LogP contribution in [-0.2, 0) is 16.1 Å². The Morgan fingerprint density at radius 2 is 1.85 bits per heavy atom. The fraction of sp³-hybridized carbons (Fsp3) is 0.600. The number of benzene rings is 1. The van der Waals surface area contributed by atoms with Crippen molar-refractivity contribution in [2.75, 3.05) is 39.3 Å². The number of rotatable bonds is 3. The first-order valence-electron chi connectivity index (χ1n) is 9.42. The van der Waals surface area contributed by atoms with Crippen LogP contribution in [0.3, 0.4) is 0 Å². The lowest BCUT2D eigenvalue weighted by Crippen LogP contribution is -2.61. The molecule has 26 heavy (non-hydrogen) atoms. The smallest absolute Gasteiger partial charge is 0.256 e. The number of aliphatic hydroxyl groups is 1. The van der Waals surface area contributed by atoms with Crippen molar-refractivity contribution in [3.05, 3.63) is 35.4 Å². The summed E-state index contributed by atoms with van der Waals surface area (Å²) in [6.45, 7) is 8.03. The van der Waals surface area contributed by atoms with Crippen molar-refractivity contribution in [1.29, 1.82) is 0 Å². The second-order valence-electron chi connectivity index (χ2n) is 7.63. The van der Waals surface area contributed by atoms with E-state index in [0.717, 1.165) is 19.6 Å². The highest BCUT2D eigenvalue weighted by Gasteiger charge is 2.43. The number of likely N-dealkylation sites (tertiary alicyclic amines) is 1. The third-order valence-electron chi connectivity index (χ3n) is 5.46. The monoisotopic (exact) mass is 359 g/mol. The van der Waals surface area contributed by atoms with Crippen molar-refractivity contribution in [1.82, 2.24) is 14.7 Å². The zero-order valence-electron chi connectivity index (χ0n) is 15.8. The quantitative estimate of drug-likeness (QED) is 0.875. The van der Waals surface area contributed by atoms with Gasteiger partial charge in [-0.25, -0.2) is 0 Å². The van der Waals surface area contributed by atoms with Crippen LogP contribution in [0.15, 0.2) is 24.3 Å². The van der Waals surface area contributed by atoms with Crippen molar-refractivity contribution in [3.8, 4) is 0 Å². The first-order chi connectivity index (χ1) is 12.4. The van der Waals surface area contributed by atoms with E-state index in [1.165, 1.54) is 18.1 Å². The van der Waals surface area contributed by atoms with Gasteiger partial charge in [-0.05, 0) is 25.3 Å². The molecule has 1 aromatic rings. The molecule has 0 aliphatic carbocycles. The van der Waals surface area contributed by atoms with Crippen molar-refractivity contribution in [2.24, 2.45) is 0 Å². The minimum Gasteiger partial charge on any atom is -0.378 e. The van der Waals surface area contributed by atoms with E-state index in [1.54, 1.807) is 9.80 Å². The first kappa shape index (κ1) is 18.9. The van der Waals surface area contributed by atoms with Gasteiger partial charge >= 0.3 is 0 Å². The largest absolute Gasteiger partial charge is 0.378 e. The van der Waals surface area contributed by atoms with Gasteiger partial charge in [0.1, 0.15) is 0 Å². The number of hydrogen-bond acceptors (Lipinski definition) is 4. The second kappa shape index (κ2) is 7.76. The second-order valence-corrected chi connectivity index (χ2v) is 7.63. The van der Waals surface area contributed by atoms with E-state index in [4.69, 9.17) is 0 Å². The van der Waals surface area contributed by atoms with Crippen molar-refractivity contribution >= 4 is 11.8 Å². The van der Waals surface area contributed by atoms with Gasteiger partial charge in [-0.3, -0.25) is 14.5 Å². The first-order valence-corrected chi connectivity index (χ1v) is 9.42. The van der Waals surface area contributed by atoms with Crippen molar-refractivity contribution in [3.63, 3.8) is 0 Å². The van der Waals surface area contributed by atoms with Crippen LogP contribution in [0.5, 0.6) is 0 Å². The number of amides is 2. The summed E-state index contributed by atoms with van der Waals surface area (Å²) < 4.78 is 0. The summed E-state index contributed by atoms with van der Waals surface area (Å²) in [4.78, 5) is 30.2. The van der Waals surface area contributed by atoms with E-state index < -0.39 is 5.60 Å². The van der Waals surface area contributed by atoms with Gasteiger partial charge in [0.25, 0.3) is 5.91 Å². The minimum absolute atomic E-state index is 0.0844. The van der Waals surface area contributed by atoms with E-state index in [-0.39, 0.29) is 18.4 Å². The summed E-state index contributed by atoms with van der Waals surface area (Å²) in [5.74, 6) is -0.308. The fourth-order valence-corrected chi connectivity index (χ4v) is 3.95. The number of aryl methyl sites for hydroxylation is 1. The van der Waals surface area contributed by atoms with Crippen molar-refractivity contribution < 1.29 is 14.7 Å². The van der Waals surface area contributed by atoms with Crippen LogP contribution in [0.2, 0.25) is 0 Å². The number of β-amino-alcohol motifs (C(OH)–C–C–N with tert-alkyl or cyclic N) is 1. The molecule has 0 spiro atoms. The molecule has 1 aromatic carbocycles. The third kappa shape index (κ3) is 4.24. The molecule has 2 amide bonds. The lowest BCUT2D eigenvalue weighted by molar-refractivity contribution is -0.161. The van der Waals surface area contributed by atoms with E-state index in [0.29, 0.717) is 32.5 Å². The van der Waals surface area contributed by atoms with Gasteiger partial charge in [-0.15, -0.1) is 0 Å². The number of carbonyl (C=O) groups is 2. The summed E-state index contributed by atoms with van der Waals surface area (Å²) >= 11 is 0. The normalized spacial score (nSPS) is 24.6. The van der Waals surface area contributed by atoms with Crippen LogP contribution in [-0.4, -0.2) is 76.5 Å². The van der Waals surface area contributed by atoms with Crippen LogP contribution >= 0.6 is 0 Å². The minimum atomic E-state index is -1.43. The van der Waals surface area contributed by atoms with Gasteiger partial charge in [-0.1, -0.05) is 29.8 Å². The van der Waals surface area contributed by atoms with Gasteiger partial charge in [0.2, 0.25) is 5.91 Å². The Bertz CT molecular complexity index is 670. The highest BCUT2D eigenvalue weighted by molar-refractivity contribution is 5.86. The maximum absolute atomic E-state index is 12.9. The lowest BCUT2D eigenvalue weighted by atomic mass is 9.91. The van der Waals surface area contributed by atoms with E-state index in [1.807, 2.05) is 0 Å². The highest BCUT2D eigenvalue weighted by Crippen LogP contribution is 2.24. The van der Waals surface area contributed by atoms with E-state index in [2.05, 4.69) is 36.1 Å². The predicted octanol–water partition coefficient (Wildman–Crippen LogP) is 1.01. The molecule has 2 aliphatic heterocycles. The molecule has 6 nitrogen and oxygen atoms in total. The Balaban J connectivity index is 1.55. The molecule has 2 saturated heterocycles. The maximum atomic E-state index is 12.9. The average Bonchev–Trinajstić information content (AvgIpc) is 2.62. The Morgan fingerprint density at radius 3 is 2.50 bits per heavy atom. The van der Waals surface area contributed by atoms with Gasteiger partial charge in [0.15, 0.2) is 5.60 Å². The van der Waals surface area contributed by atoms with Crippen molar-refractivity contribution in [2.45, 2.75) is 38.8 Å². The molecule has 0 radical (unpaired) electrons. The lowest BCUT2D eigenvalue weighted by Gasteiger charge is -2.42. The zero-order chi connectivity index (χ0) is 18.7. The molecule has 0 saturated carbocycles. The van der Waals surface area contributed by atoms with Crippen LogP contribution in [0.4, 0.5) is 0 Å². The third-order valence-corrected chi connectivity index (χ3v) is 5.46. The highest BCUT2D eigenvalue weighted by atomic mass is 16.3. The molecule has 3 rings (SSSR count). The SMILES string of the molecule is CC(=O)N1CCCC(O)(C(=O)N2CCN(Cc3cccc(C)c3)CC2)C1. The molecule has 2 heterocycles. The topological polar surface area (TPSA) is 64.1 Å². The summed E-state index contributed by atoms with van der Waals surface area (Å²) in [6, 6.07) is 8.49. The molecule has 2 aliphatic rings. The molecule has 1 N–H and O–H groups in total. The van der Waals surface area contributed by atoms with Crippen LogP contribution < -0.4 is 0 Å². The Morgan fingerprint density at radius 1 is 1.12 bits per heavy atom. The molecule has 0 bridgehead atoms. The summed E-state index contributed by atoms with van der Waals surface area (Å²) in [5.41, 5.74) is 1.11.